The third-order valence-corrected chi connectivity index (χ3v) is 6.38. The summed E-state index contributed by atoms with van der Waals surface area (Å²) < 4.78 is 15.4. The van der Waals surface area contributed by atoms with Gasteiger partial charge in [-0.15, -0.1) is 0 Å². The van der Waals surface area contributed by atoms with Gasteiger partial charge in [-0.3, -0.25) is 0 Å². The second-order valence-electron chi connectivity index (χ2n) is 5.81. The van der Waals surface area contributed by atoms with E-state index in [4.69, 9.17) is 21.7 Å². The van der Waals surface area contributed by atoms with E-state index >= 15 is 0 Å². The van der Waals surface area contributed by atoms with Crippen molar-refractivity contribution in [2.24, 2.45) is 17.8 Å². The van der Waals surface area contributed by atoms with Crippen LogP contribution in [-0.4, -0.2) is 48.6 Å². The zero-order valence-electron chi connectivity index (χ0n) is 13.6. The lowest BCUT2D eigenvalue weighted by Crippen LogP contribution is -2.51. The molecule has 1 unspecified atom stereocenters. The maximum Gasteiger partial charge on any atom is 0.407 e. The Bertz CT molecular complexity index is 473. The Morgan fingerprint density at radius 1 is 1.26 bits per heavy atom. The summed E-state index contributed by atoms with van der Waals surface area (Å²) in [7, 11) is 2.61. The Morgan fingerprint density at radius 3 is 2.57 bits per heavy atom. The van der Waals surface area contributed by atoms with Crippen molar-refractivity contribution in [1.29, 1.82) is 0 Å². The molecule has 1 amide bonds. The normalized spacial score (nSPS) is 29.7. The molecule has 0 aromatic carbocycles. The highest BCUT2D eigenvalue weighted by Gasteiger charge is 2.53. The van der Waals surface area contributed by atoms with E-state index in [2.05, 4.69) is 10.1 Å². The Labute approximate surface area is 146 Å². The van der Waals surface area contributed by atoms with Gasteiger partial charge in [0.05, 0.1) is 20.8 Å². The Kier molecular flexibility index (Phi) is 6.52. The van der Waals surface area contributed by atoms with Crippen molar-refractivity contribution < 1.29 is 23.8 Å². The molecule has 2 saturated carbocycles. The van der Waals surface area contributed by atoms with E-state index in [0.29, 0.717) is 22.8 Å². The summed E-state index contributed by atoms with van der Waals surface area (Å²) in [4.78, 5) is 23.9. The van der Waals surface area contributed by atoms with E-state index < -0.39 is 18.1 Å². The van der Waals surface area contributed by atoms with Crippen LogP contribution in [-0.2, 0) is 19.0 Å². The molecule has 0 aliphatic heterocycles. The molecular formula is C15H23NO5S2. The number of alkyl carbamates (subject to hydrolysis) is 1. The molecule has 0 aromatic rings. The van der Waals surface area contributed by atoms with Crippen molar-refractivity contribution in [3.8, 4) is 0 Å². The Balaban J connectivity index is 2.18. The summed E-state index contributed by atoms with van der Waals surface area (Å²) in [5.74, 6) is 0.396. The van der Waals surface area contributed by atoms with Crippen LogP contribution in [0.3, 0.4) is 0 Å². The smallest absolute Gasteiger partial charge is 0.407 e. The van der Waals surface area contributed by atoms with Gasteiger partial charge in [0, 0.05) is 11.2 Å². The van der Waals surface area contributed by atoms with Crippen LogP contribution in [0.15, 0.2) is 0 Å². The molecule has 23 heavy (non-hydrogen) atoms. The maximum atomic E-state index is 12.2. The lowest BCUT2D eigenvalue weighted by Gasteiger charge is -2.34. The van der Waals surface area contributed by atoms with Crippen molar-refractivity contribution in [2.75, 3.05) is 20.8 Å². The molecule has 1 N–H and O–H groups in total. The molecule has 0 heterocycles. The van der Waals surface area contributed by atoms with Crippen LogP contribution in [0, 0.1) is 17.8 Å². The highest BCUT2D eigenvalue weighted by Crippen LogP contribution is 2.54. The van der Waals surface area contributed by atoms with Gasteiger partial charge in [-0.25, -0.2) is 9.59 Å². The van der Waals surface area contributed by atoms with Gasteiger partial charge in [0.25, 0.3) is 0 Å². The van der Waals surface area contributed by atoms with Crippen LogP contribution < -0.4 is 5.32 Å². The highest BCUT2D eigenvalue weighted by atomic mass is 32.2. The number of ether oxygens (including phenoxy) is 3. The zero-order valence-corrected chi connectivity index (χ0v) is 15.2. The Morgan fingerprint density at radius 2 is 1.96 bits per heavy atom. The lowest BCUT2D eigenvalue weighted by atomic mass is 9.82. The number of hydrogen-bond acceptors (Lipinski definition) is 7. The number of carbonyl (C=O) groups excluding carboxylic acids is 2. The molecule has 6 nitrogen and oxygen atoms in total. The third kappa shape index (κ3) is 4.09. The lowest BCUT2D eigenvalue weighted by molar-refractivity contribution is -0.145. The summed E-state index contributed by atoms with van der Waals surface area (Å²) >= 11 is 6.77. The van der Waals surface area contributed by atoms with Gasteiger partial charge in [0.1, 0.15) is 6.04 Å². The van der Waals surface area contributed by atoms with Crippen molar-refractivity contribution in [2.45, 2.75) is 37.5 Å². The first kappa shape index (κ1) is 18.3. The van der Waals surface area contributed by atoms with Gasteiger partial charge in [-0.05, 0) is 50.2 Å². The molecule has 0 aromatic heterocycles. The molecule has 2 rings (SSSR count). The topological polar surface area (TPSA) is 73.9 Å². The van der Waals surface area contributed by atoms with Crippen LogP contribution in [0.5, 0.6) is 0 Å². The summed E-state index contributed by atoms with van der Waals surface area (Å²) in [6.07, 6.45) is 2.61. The maximum absolute atomic E-state index is 12.2. The number of nitrogens with one attached hydrogen (secondary N) is 1. The first-order chi connectivity index (χ1) is 11.0. The number of amides is 1. The van der Waals surface area contributed by atoms with Crippen LogP contribution in [0.2, 0.25) is 0 Å². The van der Waals surface area contributed by atoms with Crippen molar-refractivity contribution >= 4 is 40.4 Å². The molecule has 2 aliphatic rings. The molecule has 8 heteroatoms. The average molecular weight is 361 g/mol. The number of rotatable bonds is 5. The molecule has 130 valence electrons. The fraction of sp³-hybridized carbons (Fsp3) is 0.800. The van der Waals surface area contributed by atoms with Gasteiger partial charge in [-0.1, -0.05) is 11.8 Å². The first-order valence-electron chi connectivity index (χ1n) is 7.77. The third-order valence-electron chi connectivity index (χ3n) is 4.70. The summed E-state index contributed by atoms with van der Waals surface area (Å²) in [5.41, 5.74) is 0. The largest absolute Gasteiger partial charge is 0.479 e. The SMILES string of the molecule is CCOC(=S)S[C@@H]1[C@H]2CC[C@H](C2)[C@@H]1C(NC(=O)OC)C(=O)OC. The van der Waals surface area contributed by atoms with Gasteiger partial charge in [0.15, 0.2) is 0 Å². The van der Waals surface area contributed by atoms with E-state index in [-0.39, 0.29) is 11.2 Å². The molecule has 5 atom stereocenters. The highest BCUT2D eigenvalue weighted by molar-refractivity contribution is 8.23. The number of thiocarbonyl (C=S) groups is 1. The van der Waals surface area contributed by atoms with E-state index in [1.807, 2.05) is 6.92 Å². The van der Waals surface area contributed by atoms with Gasteiger partial charge in [-0.2, -0.15) is 0 Å². The summed E-state index contributed by atoms with van der Waals surface area (Å²) in [6, 6.07) is -0.718. The van der Waals surface area contributed by atoms with Crippen LogP contribution in [0.25, 0.3) is 0 Å². The number of esters is 1. The quantitative estimate of drug-likeness (QED) is 0.595. The summed E-state index contributed by atoms with van der Waals surface area (Å²) in [6.45, 7) is 2.42. The van der Waals surface area contributed by atoms with Crippen molar-refractivity contribution in [3.05, 3.63) is 0 Å². The number of carbonyl (C=O) groups is 2. The monoisotopic (exact) mass is 361 g/mol. The molecule has 0 saturated heterocycles. The van der Waals surface area contributed by atoms with Crippen LogP contribution in [0.1, 0.15) is 26.2 Å². The van der Waals surface area contributed by atoms with E-state index in [9.17, 15) is 9.59 Å². The fourth-order valence-corrected chi connectivity index (χ4v) is 5.64. The van der Waals surface area contributed by atoms with Crippen LogP contribution >= 0.6 is 24.0 Å². The number of methoxy groups -OCH3 is 2. The molecule has 2 aliphatic carbocycles. The van der Waals surface area contributed by atoms with E-state index in [1.54, 1.807) is 0 Å². The summed E-state index contributed by atoms with van der Waals surface area (Å²) in [5, 5.41) is 2.79. The van der Waals surface area contributed by atoms with E-state index in [0.717, 1.165) is 19.3 Å². The zero-order chi connectivity index (χ0) is 17.0. The number of fused-ring (bicyclic) bond motifs is 2. The molecular weight excluding hydrogens is 338 g/mol. The number of hydrogen-bond donors (Lipinski definition) is 1. The minimum atomic E-state index is -0.718. The predicted molar refractivity (Wildman–Crippen MR) is 91.3 cm³/mol. The minimum absolute atomic E-state index is 0.0243. The predicted octanol–water partition coefficient (Wildman–Crippen LogP) is 2.35. The second kappa shape index (κ2) is 8.19. The van der Waals surface area contributed by atoms with Gasteiger partial charge in [0.2, 0.25) is 4.38 Å². The van der Waals surface area contributed by atoms with Crippen molar-refractivity contribution in [3.63, 3.8) is 0 Å². The average Bonchev–Trinajstić information content (AvgIpc) is 3.13. The van der Waals surface area contributed by atoms with Crippen LogP contribution in [0.4, 0.5) is 4.79 Å². The molecule has 0 spiro atoms. The van der Waals surface area contributed by atoms with Gasteiger partial charge < -0.3 is 19.5 Å². The first-order valence-corrected chi connectivity index (χ1v) is 9.06. The van der Waals surface area contributed by atoms with Crippen molar-refractivity contribution in [1.82, 2.24) is 5.32 Å². The standard InChI is InChI=1S/C15H23NO5S2/c1-4-21-15(22)23-12-9-6-5-8(7-9)10(12)11(13(17)19-2)16-14(18)20-3/h8-12H,4-7H2,1-3H3,(H,16,18)/t8-,9+,10-,11?,12-/m1/s1. The molecule has 0 radical (unpaired) electrons. The van der Waals surface area contributed by atoms with Gasteiger partial charge >= 0.3 is 12.1 Å². The molecule has 2 bridgehead atoms. The number of thioether (sulfide) groups is 1. The molecule has 2 fully saturated rings. The Hall–Kier alpha value is -1.02. The second-order valence-corrected chi connectivity index (χ2v) is 7.59. The van der Waals surface area contributed by atoms with E-state index in [1.165, 1.54) is 26.0 Å². The fourth-order valence-electron chi connectivity index (χ4n) is 3.81. The minimum Gasteiger partial charge on any atom is -0.479 e.